The van der Waals surface area contributed by atoms with Crippen molar-refractivity contribution in [2.45, 2.75) is 109 Å². The molecule has 1 amide bonds. The molecule has 13 nitrogen and oxygen atoms in total. The van der Waals surface area contributed by atoms with Gasteiger partial charge in [0.2, 0.25) is 5.78 Å². The molecule has 4 aromatic rings. The predicted molar refractivity (Wildman–Crippen MR) is 243 cm³/mol. The third-order valence-corrected chi connectivity index (χ3v) is 17.7. The number of rotatable bonds is 14. The van der Waals surface area contributed by atoms with E-state index in [0.29, 0.717) is 57.2 Å². The molecule has 4 fully saturated rings. The Labute approximate surface area is 383 Å². The summed E-state index contributed by atoms with van der Waals surface area (Å²) >= 11 is 14.1. The van der Waals surface area contributed by atoms with Crippen LogP contribution in [-0.2, 0) is 56.0 Å². The Hall–Kier alpha value is -4.56. The third-order valence-electron chi connectivity index (χ3n) is 16.9. The summed E-state index contributed by atoms with van der Waals surface area (Å²) in [7, 11) is 3.78. The Bertz CT molecular complexity index is 2410. The minimum atomic E-state index is -0.630. The van der Waals surface area contributed by atoms with Crippen LogP contribution in [0.5, 0.6) is 0 Å². The number of carbonyl (C=O) groups is 4. The smallest absolute Gasteiger partial charge is 0.309 e. The van der Waals surface area contributed by atoms with E-state index in [4.69, 9.17) is 33.2 Å². The molecular formula is C49H57Cl2N7O6. The molecule has 4 heterocycles. The molecule has 2 aromatic carbocycles. The van der Waals surface area contributed by atoms with E-state index in [1.807, 2.05) is 53.6 Å². The Morgan fingerprint density at radius 1 is 0.672 bits per heavy atom. The SMILES string of the molecule is Cn1c(C(=O)Cc2cccc(-c3cccc(NC(=O)c4nc5c(n4C)CCN(CCC46CCC(C(=O)O)(CC4)C6)C5)c3Cl)c2Cl)nc2c1CCN(CCC13CCC(C(=O)O)(CC1)C3)C2. The second kappa shape index (κ2) is 16.1. The Morgan fingerprint density at radius 3 is 1.67 bits per heavy atom. The molecule has 4 aliphatic carbocycles. The van der Waals surface area contributed by atoms with Gasteiger partial charge in [0.05, 0.1) is 38.0 Å². The van der Waals surface area contributed by atoms with Gasteiger partial charge in [-0.05, 0) is 113 Å². The number of aliphatic carboxylic acids is 2. The quantitative estimate of drug-likeness (QED) is 0.105. The van der Waals surface area contributed by atoms with Crippen LogP contribution in [0.25, 0.3) is 11.1 Å². The minimum absolute atomic E-state index is 0.0512. The number of aromatic nitrogens is 4. The number of nitrogens with one attached hydrogen (secondary N) is 1. The van der Waals surface area contributed by atoms with E-state index in [2.05, 4.69) is 15.1 Å². The number of Topliss-reactive ketones (excluding diaryl/α,β-unsaturated/α-hetero) is 1. The van der Waals surface area contributed by atoms with Gasteiger partial charge in [-0.3, -0.25) is 29.0 Å². The maximum atomic E-state index is 13.9. The third kappa shape index (κ3) is 7.38. The molecule has 2 aromatic heterocycles. The Morgan fingerprint density at radius 2 is 1.16 bits per heavy atom. The van der Waals surface area contributed by atoms with Crippen molar-refractivity contribution in [3.63, 3.8) is 0 Å². The van der Waals surface area contributed by atoms with Crippen molar-refractivity contribution in [3.8, 4) is 11.1 Å². The molecule has 6 aliphatic rings. The number of ketones is 1. The number of imidazole rings is 2. The van der Waals surface area contributed by atoms with Crippen LogP contribution >= 0.6 is 23.2 Å². The summed E-state index contributed by atoms with van der Waals surface area (Å²) in [5.41, 5.74) is 5.48. The van der Waals surface area contributed by atoms with Crippen molar-refractivity contribution in [1.29, 1.82) is 0 Å². The molecule has 0 saturated heterocycles. The molecule has 4 bridgehead atoms. The fourth-order valence-corrected chi connectivity index (χ4v) is 13.5. The fourth-order valence-electron chi connectivity index (χ4n) is 12.9. The van der Waals surface area contributed by atoms with Gasteiger partial charge < -0.3 is 24.7 Å². The number of fused-ring (bicyclic) bond motifs is 6. The van der Waals surface area contributed by atoms with E-state index in [0.717, 1.165) is 139 Å². The molecule has 15 heteroatoms. The molecule has 0 atom stereocenters. The number of amides is 1. The van der Waals surface area contributed by atoms with Crippen LogP contribution in [-0.4, -0.2) is 88.9 Å². The fraction of sp³-hybridized carbons (Fsp3) is 0.551. The Balaban J connectivity index is 0.779. The number of anilines is 1. The first-order valence-electron chi connectivity index (χ1n) is 23.0. The number of halogens is 2. The van der Waals surface area contributed by atoms with E-state index >= 15 is 0 Å². The van der Waals surface area contributed by atoms with Crippen LogP contribution in [0.15, 0.2) is 36.4 Å². The van der Waals surface area contributed by atoms with Gasteiger partial charge in [0.25, 0.3) is 5.91 Å². The summed E-state index contributed by atoms with van der Waals surface area (Å²) in [5, 5.41) is 23.4. The van der Waals surface area contributed by atoms with Crippen molar-refractivity contribution in [2.75, 3.05) is 31.5 Å². The van der Waals surface area contributed by atoms with Crippen LogP contribution in [0.4, 0.5) is 5.69 Å². The zero-order chi connectivity index (χ0) is 44.8. The van der Waals surface area contributed by atoms with E-state index in [9.17, 15) is 29.4 Å². The average molecular weight is 911 g/mol. The summed E-state index contributed by atoms with van der Waals surface area (Å²) in [6.45, 7) is 4.83. The number of nitrogens with zero attached hydrogens (tertiary/aromatic N) is 6. The maximum absolute atomic E-state index is 13.9. The number of carboxylic acid groups (broad SMARTS) is 2. The highest BCUT2D eigenvalue weighted by molar-refractivity contribution is 6.39. The molecule has 10 rings (SSSR count). The van der Waals surface area contributed by atoms with Gasteiger partial charge in [-0.15, -0.1) is 0 Å². The molecule has 64 heavy (non-hydrogen) atoms. The van der Waals surface area contributed by atoms with Gasteiger partial charge in [-0.2, -0.15) is 0 Å². The van der Waals surface area contributed by atoms with Gasteiger partial charge >= 0.3 is 11.9 Å². The number of benzene rings is 2. The normalized spacial score (nSPS) is 27.2. The maximum Gasteiger partial charge on any atom is 0.309 e. The average Bonchev–Trinajstić information content (AvgIpc) is 4.15. The molecule has 4 saturated carbocycles. The molecule has 2 aliphatic heterocycles. The molecule has 0 unspecified atom stereocenters. The van der Waals surface area contributed by atoms with Gasteiger partial charge in [-0.25, -0.2) is 9.97 Å². The van der Waals surface area contributed by atoms with Crippen LogP contribution in [0.3, 0.4) is 0 Å². The molecule has 0 radical (unpaired) electrons. The largest absolute Gasteiger partial charge is 0.481 e. The van der Waals surface area contributed by atoms with Crippen LogP contribution < -0.4 is 5.32 Å². The second-order valence-corrected chi connectivity index (χ2v) is 21.1. The van der Waals surface area contributed by atoms with Crippen molar-refractivity contribution in [3.05, 3.63) is 86.4 Å². The lowest BCUT2D eigenvalue weighted by Crippen LogP contribution is -2.34. The van der Waals surface area contributed by atoms with Gasteiger partial charge in [0.1, 0.15) is 0 Å². The highest BCUT2D eigenvalue weighted by Gasteiger charge is 2.59. The molecule has 338 valence electrons. The van der Waals surface area contributed by atoms with Crippen molar-refractivity contribution < 1.29 is 29.4 Å². The minimum Gasteiger partial charge on any atom is -0.481 e. The van der Waals surface area contributed by atoms with Crippen molar-refractivity contribution >= 4 is 52.5 Å². The predicted octanol–water partition coefficient (Wildman–Crippen LogP) is 8.37. The zero-order valence-corrected chi connectivity index (χ0v) is 38.3. The lowest BCUT2D eigenvalue weighted by Gasteiger charge is -2.32. The topological polar surface area (TPSA) is 163 Å². The number of carbonyl (C=O) groups excluding carboxylic acids is 2. The van der Waals surface area contributed by atoms with Crippen molar-refractivity contribution in [1.82, 2.24) is 28.9 Å². The lowest BCUT2D eigenvalue weighted by molar-refractivity contribution is -0.149. The van der Waals surface area contributed by atoms with E-state index in [-0.39, 0.29) is 28.9 Å². The summed E-state index contributed by atoms with van der Waals surface area (Å²) in [4.78, 5) is 66.2. The molecule has 0 spiro atoms. The van der Waals surface area contributed by atoms with E-state index < -0.39 is 22.8 Å². The first kappa shape index (κ1) is 43.3. The summed E-state index contributed by atoms with van der Waals surface area (Å²) < 4.78 is 3.80. The monoisotopic (exact) mass is 909 g/mol. The van der Waals surface area contributed by atoms with Gasteiger partial charge in [0.15, 0.2) is 11.6 Å². The van der Waals surface area contributed by atoms with E-state index in [1.165, 1.54) is 0 Å². The van der Waals surface area contributed by atoms with E-state index in [1.54, 1.807) is 6.07 Å². The standard InChI is InChI=1S/C49H57Cl2N7O6/c1-55-36-9-21-57(23-19-46-11-15-48(28-46,16-12-46)44(61)62)26-34(36)52-41(55)38(59)25-30-5-3-6-31(39(30)50)32-7-4-8-33(40(32)51)54-43(60)42-53-35-27-58(22-10-37(35)56(42)2)24-20-47-13-17-49(29-47,18-14-47)45(63)64/h3-8H,9-29H2,1-2H3,(H,54,60)(H,61,62)(H,63,64). The van der Waals surface area contributed by atoms with Gasteiger partial charge in [0, 0.05) is 82.1 Å². The summed E-state index contributed by atoms with van der Waals surface area (Å²) in [6, 6.07) is 11.0. The Kier molecular flexibility index (Phi) is 10.9. The van der Waals surface area contributed by atoms with Crippen LogP contribution in [0.2, 0.25) is 10.0 Å². The first-order valence-corrected chi connectivity index (χ1v) is 23.8. The number of hydrogen-bond acceptors (Lipinski definition) is 8. The van der Waals surface area contributed by atoms with Gasteiger partial charge in [-0.1, -0.05) is 53.5 Å². The number of hydrogen-bond donors (Lipinski definition) is 3. The summed E-state index contributed by atoms with van der Waals surface area (Å²) in [5.74, 6) is -1.05. The molecule has 3 N–H and O–H groups in total. The lowest BCUT2D eigenvalue weighted by atomic mass is 9.80. The summed E-state index contributed by atoms with van der Waals surface area (Å²) in [6.07, 6.45) is 12.3. The zero-order valence-electron chi connectivity index (χ0n) is 36.8. The van der Waals surface area contributed by atoms with Crippen LogP contribution in [0, 0.1) is 21.7 Å². The van der Waals surface area contributed by atoms with Crippen molar-refractivity contribution in [2.24, 2.45) is 35.8 Å². The second-order valence-electron chi connectivity index (χ2n) is 20.4. The highest BCUT2D eigenvalue weighted by atomic mass is 35.5. The highest BCUT2D eigenvalue weighted by Crippen LogP contribution is 2.64. The molecular weight excluding hydrogens is 853 g/mol. The first-order chi connectivity index (χ1) is 30.6. The van der Waals surface area contributed by atoms with Crippen LogP contribution in [0.1, 0.15) is 127 Å². The number of carboxylic acids is 2.